The second kappa shape index (κ2) is 15.7. The molecule has 21 heteroatoms. The molecule has 8 bridgehead atoms. The first-order chi connectivity index (χ1) is 31.5. The van der Waals surface area contributed by atoms with Crippen molar-refractivity contribution in [1.29, 1.82) is 0 Å². The van der Waals surface area contributed by atoms with E-state index in [1.165, 1.54) is 24.3 Å². The number of aromatic nitrogens is 8. The molecule has 0 fully saturated rings. The number of non-ortho nitro benzene ring substituents is 2. The van der Waals surface area contributed by atoms with E-state index < -0.39 is 41.4 Å². The molecule has 9 rings (SSSR count). The maximum absolute atomic E-state index is 13.1. The summed E-state index contributed by atoms with van der Waals surface area (Å²) in [5.74, 6) is -0.705. The summed E-state index contributed by atoms with van der Waals surface area (Å²) in [6, 6.07) is 12.5. The van der Waals surface area contributed by atoms with Crippen molar-refractivity contribution in [2.75, 3.05) is 0 Å². The van der Waals surface area contributed by atoms with Crippen LogP contribution in [0, 0.1) is 40.5 Å². The summed E-state index contributed by atoms with van der Waals surface area (Å²) in [7, 11) is 0. The molecular formula is C48H44CuN12O8. The summed E-state index contributed by atoms with van der Waals surface area (Å²) in [5, 5.41) is 52.5. The first-order valence-electron chi connectivity index (χ1n) is 21.6. The maximum Gasteiger partial charge on any atom is 2.00 e. The van der Waals surface area contributed by atoms with Gasteiger partial charge in [0.15, 0.2) is 0 Å². The first kappa shape index (κ1) is 47.8. The molecule has 0 aliphatic carbocycles. The maximum atomic E-state index is 13.1. The van der Waals surface area contributed by atoms with Gasteiger partial charge in [0.1, 0.15) is 0 Å². The van der Waals surface area contributed by atoms with Crippen LogP contribution >= 0.6 is 0 Å². The van der Waals surface area contributed by atoms with E-state index in [0.29, 0.717) is 22.3 Å². The average molecular weight is 981 g/mol. The number of nitrogens with zero attached hydrogens (tertiary/aromatic N) is 12. The molecule has 4 aromatic carbocycles. The summed E-state index contributed by atoms with van der Waals surface area (Å²) >= 11 is 0. The summed E-state index contributed by atoms with van der Waals surface area (Å²) in [6.45, 7) is 22.5. The Morgan fingerprint density at radius 2 is 0.652 bits per heavy atom. The third-order valence-corrected chi connectivity index (χ3v) is 12.3. The fraction of sp³-hybridized carbons (Fsp3) is 0.333. The van der Waals surface area contributed by atoms with Crippen molar-refractivity contribution in [1.82, 2.24) is 39.9 Å². The Hall–Kier alpha value is -7.64. The monoisotopic (exact) mass is 979 g/mol. The van der Waals surface area contributed by atoms with Crippen molar-refractivity contribution in [2.45, 2.75) is 105 Å². The molecule has 69 heavy (non-hydrogen) atoms. The van der Waals surface area contributed by atoms with Crippen LogP contribution in [0.4, 0.5) is 22.7 Å². The predicted molar refractivity (Wildman–Crippen MR) is 255 cm³/mol. The number of nitro benzene ring substituents is 4. The molecule has 0 N–H and O–H groups in total. The molecule has 0 saturated carbocycles. The molecule has 5 heterocycles. The summed E-state index contributed by atoms with van der Waals surface area (Å²) in [5.41, 5.74) is -2.29. The normalized spacial score (nSPS) is 12.7. The van der Waals surface area contributed by atoms with Gasteiger partial charge in [-0.3, -0.25) is 40.5 Å². The molecule has 20 nitrogen and oxygen atoms in total. The first-order valence-corrected chi connectivity index (χ1v) is 21.6. The van der Waals surface area contributed by atoms with Gasteiger partial charge in [-0.05, 0) is 68.2 Å². The van der Waals surface area contributed by atoms with E-state index in [1.807, 2.05) is 83.1 Å². The Kier molecular flexibility index (Phi) is 10.9. The zero-order valence-corrected chi connectivity index (χ0v) is 40.5. The molecule has 0 atom stereocenters. The zero-order valence-electron chi connectivity index (χ0n) is 39.6. The van der Waals surface area contributed by atoms with Gasteiger partial charge < -0.3 is 29.9 Å². The molecule has 1 radical (unpaired) electrons. The van der Waals surface area contributed by atoms with Gasteiger partial charge in [0.05, 0.1) is 64.9 Å². The van der Waals surface area contributed by atoms with Crippen molar-refractivity contribution >= 4 is 66.9 Å². The fourth-order valence-electron chi connectivity index (χ4n) is 8.39. The molecule has 0 spiro atoms. The molecule has 3 aromatic heterocycles. The van der Waals surface area contributed by atoms with Crippen molar-refractivity contribution in [3.05, 3.63) is 111 Å². The fourth-order valence-corrected chi connectivity index (χ4v) is 8.39. The summed E-state index contributed by atoms with van der Waals surface area (Å²) in [6.07, 6.45) is 0. The smallest absolute Gasteiger partial charge is 0.357 e. The Bertz CT molecular complexity index is 3410. The van der Waals surface area contributed by atoms with Crippen LogP contribution in [0.2, 0.25) is 0 Å². The van der Waals surface area contributed by atoms with Gasteiger partial charge >= 0.3 is 17.1 Å². The van der Waals surface area contributed by atoms with Gasteiger partial charge in [0, 0.05) is 68.8 Å². The summed E-state index contributed by atoms with van der Waals surface area (Å²) in [4.78, 5) is 88.5. The van der Waals surface area contributed by atoms with Crippen LogP contribution < -0.4 is 9.97 Å². The number of rotatable bonds is 4. The molecule has 2 aliphatic heterocycles. The van der Waals surface area contributed by atoms with E-state index in [2.05, 4.69) is 0 Å². The summed E-state index contributed by atoms with van der Waals surface area (Å²) < 4.78 is 0. The Morgan fingerprint density at radius 1 is 0.377 bits per heavy atom. The van der Waals surface area contributed by atoms with Gasteiger partial charge in [0.25, 0.3) is 22.7 Å². The molecule has 2 aliphatic rings. The van der Waals surface area contributed by atoms with Crippen LogP contribution in [-0.4, -0.2) is 49.6 Å². The van der Waals surface area contributed by atoms with Gasteiger partial charge in [-0.1, -0.05) is 83.1 Å². The van der Waals surface area contributed by atoms with E-state index in [-0.39, 0.29) is 130 Å². The van der Waals surface area contributed by atoms with Crippen LogP contribution in [0.3, 0.4) is 0 Å². The second-order valence-corrected chi connectivity index (χ2v) is 21.2. The quantitative estimate of drug-likeness (QED) is 0.0900. The minimum atomic E-state index is -0.630. The third-order valence-electron chi connectivity index (χ3n) is 12.3. The van der Waals surface area contributed by atoms with Crippen molar-refractivity contribution < 1.29 is 36.8 Å². The van der Waals surface area contributed by atoms with E-state index in [0.717, 1.165) is 0 Å². The van der Waals surface area contributed by atoms with Crippen molar-refractivity contribution in [3.8, 4) is 45.6 Å². The van der Waals surface area contributed by atoms with Crippen LogP contribution in [0.25, 0.3) is 89.7 Å². The topological polar surface area (TPSA) is 278 Å². The van der Waals surface area contributed by atoms with Gasteiger partial charge in [0.2, 0.25) is 0 Å². The Morgan fingerprint density at radius 3 is 0.942 bits per heavy atom. The van der Waals surface area contributed by atoms with Crippen LogP contribution in [0.15, 0.2) is 48.5 Å². The minimum absolute atomic E-state index is 0. The molecule has 7 aromatic rings. The second-order valence-electron chi connectivity index (χ2n) is 21.2. The van der Waals surface area contributed by atoms with Crippen molar-refractivity contribution in [2.24, 2.45) is 0 Å². The Balaban J connectivity index is 0.00000642. The van der Waals surface area contributed by atoms with Crippen molar-refractivity contribution in [3.63, 3.8) is 0 Å². The zero-order chi connectivity index (χ0) is 49.5. The molecular weight excluding hydrogens is 936 g/mol. The van der Waals surface area contributed by atoms with E-state index in [9.17, 15) is 40.5 Å². The molecule has 355 valence electrons. The van der Waals surface area contributed by atoms with Crippen LogP contribution in [0.5, 0.6) is 0 Å². The Labute approximate surface area is 403 Å². The van der Waals surface area contributed by atoms with E-state index in [4.69, 9.17) is 39.9 Å². The third kappa shape index (κ3) is 7.99. The predicted octanol–water partition coefficient (Wildman–Crippen LogP) is 10.9. The molecule has 0 unspecified atom stereocenters. The number of nitro groups is 4. The number of fused-ring (bicyclic) bond motifs is 20. The van der Waals surface area contributed by atoms with E-state index >= 15 is 0 Å². The molecule has 0 saturated heterocycles. The number of benzene rings is 4. The van der Waals surface area contributed by atoms with Gasteiger partial charge in [-0.15, -0.1) is 0 Å². The SMILES string of the molecule is CC(C)(C)c1cc2c(c([N+](=O)[O-])c1)-c1nc-2nc2[n-]c(nc3nc(nc4[n-]c(n1)c1c([N+](=O)[O-])cc(C(C)(C)C)cc41)-c1cc(C(C)(C)C)cc([N+](=O)[O-])c1-3)c1c([N+](=O)[O-])cc(C(C)(C)C)cc21.[Cu+2]. The van der Waals surface area contributed by atoms with Gasteiger partial charge in [-0.2, -0.15) is 0 Å². The average Bonchev–Trinajstić information content (AvgIpc) is 3.96. The van der Waals surface area contributed by atoms with E-state index in [1.54, 1.807) is 24.3 Å². The number of hydrogen-bond acceptors (Lipinski definition) is 14. The minimum Gasteiger partial charge on any atom is -0.357 e. The largest absolute Gasteiger partial charge is 2.00 e. The standard InChI is InChI=1S/C48H44N12O8.Cu/c1-45(2,3)21-13-25-33(29(17-21)57(61)62)41-51-37(25)49-38-26-14-22(46(4,5)6)18-30(58(63)64)34(26)43(52-38)56-44-36-28(16-24(48(10,11)12)20-32(36)60(67)68)40(54-44)50-39-27-15-23(47(7,8)9)19-31(59(65)66)35(27)42(53-39)55-41;/h13-20H,1-12H3;/q-2;+2. The molecule has 0 amide bonds. The van der Waals surface area contributed by atoms with Gasteiger partial charge in [-0.25, -0.2) is 9.97 Å². The van der Waals surface area contributed by atoms with Crippen LogP contribution in [0.1, 0.15) is 105 Å². The van der Waals surface area contributed by atoms with Crippen LogP contribution in [-0.2, 0) is 38.7 Å². The number of hydrogen-bond donors (Lipinski definition) is 0.